The molecule has 0 aromatic heterocycles. The summed E-state index contributed by atoms with van der Waals surface area (Å²) in [6, 6.07) is 0.237. The van der Waals surface area contributed by atoms with E-state index in [1.54, 1.807) is 0 Å². The van der Waals surface area contributed by atoms with Gasteiger partial charge in [-0.25, -0.2) is 0 Å². The minimum absolute atomic E-state index is 0.0933. The normalized spacial score (nSPS) is 37.5. The Morgan fingerprint density at radius 3 is 2.60 bits per heavy atom. The van der Waals surface area contributed by atoms with Crippen LogP contribution in [0.25, 0.3) is 0 Å². The third-order valence-corrected chi connectivity index (χ3v) is 5.14. The van der Waals surface area contributed by atoms with Crippen LogP contribution in [0.5, 0.6) is 0 Å². The molecule has 0 bridgehead atoms. The number of carbonyl (C=O) groups excluding carboxylic acids is 1. The van der Waals surface area contributed by atoms with Crippen molar-refractivity contribution in [3.63, 3.8) is 0 Å². The van der Waals surface area contributed by atoms with E-state index in [-0.39, 0.29) is 29.9 Å². The van der Waals surface area contributed by atoms with E-state index in [1.807, 2.05) is 4.90 Å². The summed E-state index contributed by atoms with van der Waals surface area (Å²) in [4.78, 5) is 25.9. The summed E-state index contributed by atoms with van der Waals surface area (Å²) in [5.74, 6) is -0.998. The van der Waals surface area contributed by atoms with Gasteiger partial charge >= 0.3 is 5.97 Å². The molecule has 2 saturated carbocycles. The molecular formula is C15H23NO4. The van der Waals surface area contributed by atoms with Crippen molar-refractivity contribution >= 4 is 11.9 Å². The van der Waals surface area contributed by atoms with Crippen molar-refractivity contribution in [1.29, 1.82) is 0 Å². The average molecular weight is 281 g/mol. The second-order valence-corrected chi connectivity index (χ2v) is 6.34. The number of nitrogens with zero attached hydrogens (tertiary/aromatic N) is 1. The molecule has 1 N–H and O–H groups in total. The van der Waals surface area contributed by atoms with Crippen LogP contribution in [0.3, 0.4) is 0 Å². The van der Waals surface area contributed by atoms with E-state index >= 15 is 0 Å². The molecule has 1 heterocycles. The van der Waals surface area contributed by atoms with E-state index in [0.29, 0.717) is 26.0 Å². The van der Waals surface area contributed by atoms with Crippen molar-refractivity contribution in [3.05, 3.63) is 0 Å². The van der Waals surface area contributed by atoms with Gasteiger partial charge < -0.3 is 14.7 Å². The Balaban J connectivity index is 1.66. The molecule has 0 radical (unpaired) electrons. The third kappa shape index (κ3) is 2.55. The van der Waals surface area contributed by atoms with E-state index < -0.39 is 5.97 Å². The molecule has 3 aliphatic rings. The van der Waals surface area contributed by atoms with Gasteiger partial charge in [0.2, 0.25) is 5.91 Å². The van der Waals surface area contributed by atoms with Gasteiger partial charge in [0.25, 0.3) is 0 Å². The van der Waals surface area contributed by atoms with Crippen LogP contribution in [0, 0.1) is 11.8 Å². The van der Waals surface area contributed by atoms with Gasteiger partial charge in [-0.2, -0.15) is 0 Å². The predicted octanol–water partition coefficient (Wildman–Crippen LogP) is 1.66. The van der Waals surface area contributed by atoms with Crippen LogP contribution in [0.2, 0.25) is 0 Å². The van der Waals surface area contributed by atoms with Gasteiger partial charge in [0.05, 0.1) is 24.7 Å². The Labute approximate surface area is 119 Å². The number of amides is 1. The molecule has 4 unspecified atom stereocenters. The predicted molar refractivity (Wildman–Crippen MR) is 72.2 cm³/mol. The molecule has 4 atom stereocenters. The monoisotopic (exact) mass is 281 g/mol. The lowest BCUT2D eigenvalue weighted by molar-refractivity contribution is -0.152. The molecule has 2 aliphatic carbocycles. The fourth-order valence-corrected chi connectivity index (χ4v) is 4.07. The number of carboxylic acids is 1. The SMILES string of the molecule is O=C(O)C1CCCC(C(=O)N2CCOC3CCCC32)C1. The summed E-state index contributed by atoms with van der Waals surface area (Å²) < 4.78 is 5.74. The molecule has 0 aromatic carbocycles. The first-order chi connectivity index (χ1) is 9.66. The van der Waals surface area contributed by atoms with Crippen LogP contribution in [-0.4, -0.2) is 47.2 Å². The Bertz CT molecular complexity index is 397. The Hall–Kier alpha value is -1.10. The fourth-order valence-electron chi connectivity index (χ4n) is 4.07. The van der Waals surface area contributed by atoms with Crippen LogP contribution < -0.4 is 0 Å². The molecule has 20 heavy (non-hydrogen) atoms. The number of morpholine rings is 1. The van der Waals surface area contributed by atoms with Crippen LogP contribution in [0.15, 0.2) is 0 Å². The summed E-state index contributed by atoms with van der Waals surface area (Å²) in [5.41, 5.74) is 0. The summed E-state index contributed by atoms with van der Waals surface area (Å²) >= 11 is 0. The lowest BCUT2D eigenvalue weighted by atomic mass is 9.80. The van der Waals surface area contributed by atoms with Crippen molar-refractivity contribution in [3.8, 4) is 0 Å². The highest BCUT2D eigenvalue weighted by Gasteiger charge is 2.41. The summed E-state index contributed by atoms with van der Waals surface area (Å²) in [5, 5.41) is 9.15. The van der Waals surface area contributed by atoms with E-state index in [0.717, 1.165) is 32.1 Å². The highest BCUT2D eigenvalue weighted by molar-refractivity contribution is 5.80. The van der Waals surface area contributed by atoms with Crippen molar-refractivity contribution in [2.75, 3.05) is 13.2 Å². The van der Waals surface area contributed by atoms with E-state index in [1.165, 1.54) is 0 Å². The van der Waals surface area contributed by atoms with Gasteiger partial charge in [-0.3, -0.25) is 9.59 Å². The molecule has 3 fully saturated rings. The maximum atomic E-state index is 12.7. The second kappa shape index (κ2) is 5.72. The second-order valence-electron chi connectivity index (χ2n) is 6.34. The molecule has 5 heteroatoms. The Kier molecular flexibility index (Phi) is 3.96. The van der Waals surface area contributed by atoms with Crippen molar-refractivity contribution in [2.24, 2.45) is 11.8 Å². The van der Waals surface area contributed by atoms with E-state index in [2.05, 4.69) is 0 Å². The fraction of sp³-hybridized carbons (Fsp3) is 0.867. The molecular weight excluding hydrogens is 258 g/mol. The summed E-state index contributed by atoms with van der Waals surface area (Å²) in [6.45, 7) is 1.30. The first kappa shape index (κ1) is 13.9. The minimum atomic E-state index is -0.747. The quantitative estimate of drug-likeness (QED) is 0.836. The van der Waals surface area contributed by atoms with Crippen molar-refractivity contribution < 1.29 is 19.4 Å². The van der Waals surface area contributed by atoms with Crippen LogP contribution >= 0.6 is 0 Å². The van der Waals surface area contributed by atoms with Crippen LogP contribution in [0.1, 0.15) is 44.9 Å². The molecule has 5 nitrogen and oxygen atoms in total. The first-order valence-corrected chi connectivity index (χ1v) is 7.81. The Morgan fingerprint density at radius 2 is 1.80 bits per heavy atom. The highest BCUT2D eigenvalue weighted by Crippen LogP contribution is 2.35. The maximum Gasteiger partial charge on any atom is 0.306 e. The standard InChI is InChI=1S/C15H23NO4/c17-14(10-3-1-4-11(9-10)15(18)19)16-7-8-20-13-6-2-5-12(13)16/h10-13H,1-9H2,(H,18,19). The molecule has 0 aromatic rings. The zero-order valence-corrected chi connectivity index (χ0v) is 11.8. The Morgan fingerprint density at radius 1 is 1.05 bits per heavy atom. The number of hydrogen-bond acceptors (Lipinski definition) is 3. The number of fused-ring (bicyclic) bond motifs is 1. The number of carbonyl (C=O) groups is 2. The summed E-state index contributed by atoms with van der Waals surface area (Å²) in [6.07, 6.45) is 6.36. The molecule has 112 valence electrons. The largest absolute Gasteiger partial charge is 0.481 e. The highest BCUT2D eigenvalue weighted by atomic mass is 16.5. The van der Waals surface area contributed by atoms with Crippen molar-refractivity contribution in [2.45, 2.75) is 57.1 Å². The zero-order chi connectivity index (χ0) is 14.1. The van der Waals surface area contributed by atoms with Crippen LogP contribution in [0.4, 0.5) is 0 Å². The number of ether oxygens (including phenoxy) is 1. The van der Waals surface area contributed by atoms with Crippen molar-refractivity contribution in [1.82, 2.24) is 4.90 Å². The number of hydrogen-bond donors (Lipinski definition) is 1. The average Bonchev–Trinajstić information content (AvgIpc) is 2.95. The van der Waals surface area contributed by atoms with Gasteiger partial charge in [-0.15, -0.1) is 0 Å². The van der Waals surface area contributed by atoms with E-state index in [4.69, 9.17) is 9.84 Å². The smallest absolute Gasteiger partial charge is 0.306 e. The van der Waals surface area contributed by atoms with Gasteiger partial charge in [0, 0.05) is 12.5 Å². The molecule has 1 saturated heterocycles. The molecule has 0 spiro atoms. The lowest BCUT2D eigenvalue weighted by Gasteiger charge is -2.40. The lowest BCUT2D eigenvalue weighted by Crippen LogP contribution is -2.53. The maximum absolute atomic E-state index is 12.7. The minimum Gasteiger partial charge on any atom is -0.481 e. The molecule has 3 rings (SSSR count). The topological polar surface area (TPSA) is 66.8 Å². The van der Waals surface area contributed by atoms with Gasteiger partial charge in [0.15, 0.2) is 0 Å². The van der Waals surface area contributed by atoms with Gasteiger partial charge in [-0.05, 0) is 38.5 Å². The van der Waals surface area contributed by atoms with Gasteiger partial charge in [-0.1, -0.05) is 6.42 Å². The molecule has 1 amide bonds. The summed E-state index contributed by atoms with van der Waals surface area (Å²) in [7, 11) is 0. The van der Waals surface area contributed by atoms with E-state index in [9.17, 15) is 9.59 Å². The molecule has 1 aliphatic heterocycles. The zero-order valence-electron chi connectivity index (χ0n) is 11.8. The van der Waals surface area contributed by atoms with Gasteiger partial charge in [0.1, 0.15) is 0 Å². The number of carboxylic acid groups (broad SMARTS) is 1. The van der Waals surface area contributed by atoms with Crippen LogP contribution in [-0.2, 0) is 14.3 Å². The third-order valence-electron chi connectivity index (χ3n) is 5.14. The number of rotatable bonds is 2. The first-order valence-electron chi connectivity index (χ1n) is 7.81. The number of aliphatic carboxylic acids is 1.